The molecule has 0 bridgehead atoms. The van der Waals surface area contributed by atoms with Gasteiger partial charge in [0.2, 0.25) is 11.8 Å². The molecule has 3 amide bonds. The van der Waals surface area contributed by atoms with E-state index >= 15 is 0 Å². The number of nitrogens with zero attached hydrogens (tertiary/aromatic N) is 2. The third-order valence-electron chi connectivity index (χ3n) is 4.60. The van der Waals surface area contributed by atoms with E-state index in [2.05, 4.69) is 5.32 Å². The smallest absolute Gasteiger partial charge is 0.409 e. The Morgan fingerprint density at radius 2 is 1.68 bits per heavy atom. The predicted octanol–water partition coefficient (Wildman–Crippen LogP) is 0.346. The SMILES string of the molecule is CCOC(=O)N1CCN(C(=O)C2(C(=O)NC3CC3)CC2)CC1. The highest BCUT2D eigenvalue weighted by Crippen LogP contribution is 2.48. The van der Waals surface area contributed by atoms with Crippen molar-refractivity contribution < 1.29 is 19.1 Å². The fraction of sp³-hybridized carbons (Fsp3) is 0.800. The second-order valence-corrected chi connectivity index (χ2v) is 6.31. The molecule has 1 aliphatic heterocycles. The molecule has 0 atom stereocenters. The molecular formula is C15H23N3O4. The number of amides is 3. The standard InChI is InChI=1S/C15H23N3O4/c1-2-22-14(21)18-9-7-17(8-10-18)13(20)15(5-6-15)12(19)16-11-3-4-11/h11H,2-10H2,1H3,(H,16,19). The van der Waals surface area contributed by atoms with Gasteiger partial charge in [-0.2, -0.15) is 0 Å². The van der Waals surface area contributed by atoms with Crippen LogP contribution in [0.2, 0.25) is 0 Å². The van der Waals surface area contributed by atoms with Crippen LogP contribution in [-0.4, -0.2) is 66.5 Å². The molecule has 3 rings (SSSR count). The average molecular weight is 309 g/mol. The molecule has 0 aromatic heterocycles. The summed E-state index contributed by atoms with van der Waals surface area (Å²) in [5, 5.41) is 2.95. The summed E-state index contributed by atoms with van der Waals surface area (Å²) in [7, 11) is 0. The summed E-state index contributed by atoms with van der Waals surface area (Å²) >= 11 is 0. The third-order valence-corrected chi connectivity index (χ3v) is 4.60. The number of carbonyl (C=O) groups excluding carboxylic acids is 3. The normalized spacial score (nSPS) is 23.0. The van der Waals surface area contributed by atoms with Crippen LogP contribution in [0.15, 0.2) is 0 Å². The van der Waals surface area contributed by atoms with Gasteiger partial charge in [-0.15, -0.1) is 0 Å². The van der Waals surface area contributed by atoms with Crippen molar-refractivity contribution in [2.45, 2.75) is 38.6 Å². The molecule has 0 unspecified atom stereocenters. The van der Waals surface area contributed by atoms with Crippen LogP contribution in [0.4, 0.5) is 4.79 Å². The van der Waals surface area contributed by atoms with E-state index in [4.69, 9.17) is 4.74 Å². The Labute approximate surface area is 129 Å². The van der Waals surface area contributed by atoms with Gasteiger partial charge in [-0.1, -0.05) is 0 Å². The lowest BCUT2D eigenvalue weighted by Gasteiger charge is -2.35. The van der Waals surface area contributed by atoms with Crippen molar-refractivity contribution in [3.8, 4) is 0 Å². The van der Waals surface area contributed by atoms with Crippen LogP contribution in [0.3, 0.4) is 0 Å². The molecule has 7 heteroatoms. The van der Waals surface area contributed by atoms with E-state index in [0.29, 0.717) is 45.6 Å². The van der Waals surface area contributed by atoms with Crippen molar-refractivity contribution in [3.63, 3.8) is 0 Å². The zero-order chi connectivity index (χ0) is 15.7. The summed E-state index contributed by atoms with van der Waals surface area (Å²) in [5.74, 6) is -0.179. The zero-order valence-corrected chi connectivity index (χ0v) is 13.0. The second-order valence-electron chi connectivity index (χ2n) is 6.31. The van der Waals surface area contributed by atoms with Crippen LogP contribution in [0.1, 0.15) is 32.6 Å². The van der Waals surface area contributed by atoms with Gasteiger partial charge in [0, 0.05) is 32.2 Å². The molecule has 1 heterocycles. The molecule has 22 heavy (non-hydrogen) atoms. The van der Waals surface area contributed by atoms with Gasteiger partial charge in [0.25, 0.3) is 0 Å². The van der Waals surface area contributed by atoms with Crippen LogP contribution >= 0.6 is 0 Å². The maximum absolute atomic E-state index is 12.7. The van der Waals surface area contributed by atoms with Crippen molar-refractivity contribution in [1.29, 1.82) is 0 Å². The van der Waals surface area contributed by atoms with Gasteiger partial charge in [0.05, 0.1) is 6.61 Å². The third kappa shape index (κ3) is 2.89. The summed E-state index contributed by atoms with van der Waals surface area (Å²) in [6, 6.07) is 0.276. The van der Waals surface area contributed by atoms with Gasteiger partial charge >= 0.3 is 6.09 Å². The Morgan fingerprint density at radius 3 is 2.18 bits per heavy atom. The van der Waals surface area contributed by atoms with E-state index < -0.39 is 5.41 Å². The van der Waals surface area contributed by atoms with Gasteiger partial charge < -0.3 is 19.9 Å². The molecule has 0 radical (unpaired) electrons. The Balaban J connectivity index is 1.53. The highest BCUT2D eigenvalue weighted by Gasteiger charge is 2.58. The minimum absolute atomic E-state index is 0.0749. The van der Waals surface area contributed by atoms with E-state index in [-0.39, 0.29) is 23.9 Å². The molecule has 1 N–H and O–H groups in total. The number of piperazine rings is 1. The molecule has 3 fully saturated rings. The first kappa shape index (κ1) is 15.1. The monoisotopic (exact) mass is 309 g/mol. The van der Waals surface area contributed by atoms with Gasteiger partial charge in [-0.05, 0) is 32.6 Å². The molecule has 2 aliphatic carbocycles. The summed E-state index contributed by atoms with van der Waals surface area (Å²) in [6.45, 7) is 3.98. The van der Waals surface area contributed by atoms with E-state index in [1.807, 2.05) is 0 Å². The highest BCUT2D eigenvalue weighted by atomic mass is 16.6. The number of rotatable bonds is 4. The first-order valence-electron chi connectivity index (χ1n) is 8.09. The maximum atomic E-state index is 12.7. The van der Waals surface area contributed by atoms with E-state index in [9.17, 15) is 14.4 Å². The van der Waals surface area contributed by atoms with Crippen LogP contribution in [0.25, 0.3) is 0 Å². The van der Waals surface area contributed by atoms with Crippen LogP contribution in [0, 0.1) is 5.41 Å². The second kappa shape index (κ2) is 5.78. The van der Waals surface area contributed by atoms with E-state index in [1.165, 1.54) is 0 Å². The number of ether oxygens (including phenoxy) is 1. The summed E-state index contributed by atoms with van der Waals surface area (Å²) in [6.07, 6.45) is 3.00. The maximum Gasteiger partial charge on any atom is 0.409 e. The average Bonchev–Trinajstić information content (AvgIpc) is 3.41. The van der Waals surface area contributed by atoms with Gasteiger partial charge in [-0.3, -0.25) is 9.59 Å². The lowest BCUT2D eigenvalue weighted by molar-refractivity contribution is -0.145. The number of hydrogen-bond acceptors (Lipinski definition) is 4. The van der Waals surface area contributed by atoms with Crippen LogP contribution in [-0.2, 0) is 14.3 Å². The Morgan fingerprint density at radius 1 is 1.09 bits per heavy atom. The Bertz CT molecular complexity index is 477. The molecule has 122 valence electrons. The van der Waals surface area contributed by atoms with Crippen molar-refractivity contribution in [3.05, 3.63) is 0 Å². The molecule has 0 spiro atoms. The van der Waals surface area contributed by atoms with Crippen molar-refractivity contribution in [1.82, 2.24) is 15.1 Å². The van der Waals surface area contributed by atoms with Crippen molar-refractivity contribution in [2.24, 2.45) is 5.41 Å². The Kier molecular flexibility index (Phi) is 3.97. The molecule has 3 aliphatic rings. The Hall–Kier alpha value is -1.79. The van der Waals surface area contributed by atoms with Gasteiger partial charge in [0.15, 0.2) is 0 Å². The quantitative estimate of drug-likeness (QED) is 0.760. The molecule has 0 aromatic rings. The van der Waals surface area contributed by atoms with Crippen LogP contribution < -0.4 is 5.32 Å². The van der Waals surface area contributed by atoms with E-state index in [0.717, 1.165) is 12.8 Å². The predicted molar refractivity (Wildman–Crippen MR) is 78.0 cm³/mol. The van der Waals surface area contributed by atoms with Crippen molar-refractivity contribution in [2.75, 3.05) is 32.8 Å². The largest absolute Gasteiger partial charge is 0.450 e. The number of carbonyl (C=O) groups is 3. The summed E-state index contributed by atoms with van der Waals surface area (Å²) in [4.78, 5) is 39.9. The van der Waals surface area contributed by atoms with Crippen molar-refractivity contribution >= 4 is 17.9 Å². The molecule has 2 saturated carbocycles. The minimum Gasteiger partial charge on any atom is -0.450 e. The lowest BCUT2D eigenvalue weighted by Crippen LogP contribution is -2.54. The fourth-order valence-electron chi connectivity index (χ4n) is 2.82. The van der Waals surface area contributed by atoms with Gasteiger partial charge in [0.1, 0.15) is 5.41 Å². The van der Waals surface area contributed by atoms with Gasteiger partial charge in [-0.25, -0.2) is 4.79 Å². The topological polar surface area (TPSA) is 79.0 Å². The molecular weight excluding hydrogens is 286 g/mol. The molecule has 0 aromatic carbocycles. The zero-order valence-electron chi connectivity index (χ0n) is 13.0. The summed E-state index contributed by atoms with van der Waals surface area (Å²) in [5.41, 5.74) is -0.825. The highest BCUT2D eigenvalue weighted by molar-refractivity contribution is 6.08. The molecule has 7 nitrogen and oxygen atoms in total. The molecule has 1 saturated heterocycles. The fourth-order valence-corrected chi connectivity index (χ4v) is 2.82. The van der Waals surface area contributed by atoms with E-state index in [1.54, 1.807) is 16.7 Å². The first-order valence-corrected chi connectivity index (χ1v) is 8.09. The first-order chi connectivity index (χ1) is 10.6. The minimum atomic E-state index is -0.825. The number of hydrogen-bond donors (Lipinski definition) is 1. The number of nitrogens with one attached hydrogen (secondary N) is 1. The summed E-state index contributed by atoms with van der Waals surface area (Å²) < 4.78 is 4.97. The lowest BCUT2D eigenvalue weighted by atomic mass is 10.0. The van der Waals surface area contributed by atoms with Crippen LogP contribution in [0.5, 0.6) is 0 Å².